The molecule has 3 N–H and O–H groups in total. The van der Waals surface area contributed by atoms with E-state index >= 15 is 8.78 Å². The number of rotatable bonds is 17. The van der Waals surface area contributed by atoms with Gasteiger partial charge in [0.25, 0.3) is 5.92 Å². The van der Waals surface area contributed by atoms with Gasteiger partial charge in [-0.1, -0.05) is 58.3 Å². The van der Waals surface area contributed by atoms with Crippen LogP contribution in [0.1, 0.15) is 104 Å². The van der Waals surface area contributed by atoms with E-state index in [4.69, 9.17) is 9.47 Å². The van der Waals surface area contributed by atoms with Gasteiger partial charge < -0.3 is 19.7 Å². The van der Waals surface area contributed by atoms with E-state index in [0.29, 0.717) is 12.8 Å². The maximum atomic E-state index is 16.2. The molecule has 1 aliphatic rings. The largest absolute Gasteiger partial charge is 0.481 e. The minimum atomic E-state index is -3.68. The van der Waals surface area contributed by atoms with Gasteiger partial charge in [-0.2, -0.15) is 4.98 Å². The third-order valence-electron chi connectivity index (χ3n) is 7.58. The number of carboxylic acids is 1. The molecule has 0 spiro atoms. The van der Waals surface area contributed by atoms with Crippen LogP contribution in [-0.4, -0.2) is 63.2 Å². The number of hydrogen-bond acceptors (Lipinski definition) is 7. The first-order valence-electron chi connectivity index (χ1n) is 14.6. The highest BCUT2D eigenvalue weighted by Crippen LogP contribution is 2.47. The number of hydrogen-bond donors (Lipinski definition) is 3. The molecule has 1 fully saturated rings. The first kappa shape index (κ1) is 34.6. The molecular weight excluding hydrogens is 540 g/mol. The first-order valence-corrected chi connectivity index (χ1v) is 14.6. The van der Waals surface area contributed by atoms with Crippen LogP contribution in [-0.2, 0) is 14.3 Å². The summed E-state index contributed by atoms with van der Waals surface area (Å²) in [6, 6.07) is -0.477. The molecule has 3 atom stereocenters. The number of amides is 1. The molecule has 0 aliphatic carbocycles. The van der Waals surface area contributed by atoms with Crippen molar-refractivity contribution in [3.63, 3.8) is 0 Å². The van der Waals surface area contributed by atoms with E-state index < -0.39 is 59.7 Å². The summed E-state index contributed by atoms with van der Waals surface area (Å²) in [7, 11) is 0. The van der Waals surface area contributed by atoms with Crippen molar-refractivity contribution in [1.29, 1.82) is 0 Å². The molecule has 1 aromatic heterocycles. The lowest BCUT2D eigenvalue weighted by atomic mass is 9.70. The minimum Gasteiger partial charge on any atom is -0.481 e. The van der Waals surface area contributed by atoms with Gasteiger partial charge in [-0.05, 0) is 39.7 Å². The number of halogens is 2. The zero-order valence-electron chi connectivity index (χ0n) is 24.8. The molecule has 2 rings (SSSR count). The molecular formula is C29H47F2N3O7. The molecule has 0 aromatic carbocycles. The van der Waals surface area contributed by atoms with E-state index in [1.807, 2.05) is 0 Å². The Bertz CT molecular complexity index is 1040. The Hall–Kier alpha value is -2.60. The van der Waals surface area contributed by atoms with Crippen molar-refractivity contribution in [2.24, 2.45) is 11.3 Å². The monoisotopic (exact) mass is 587 g/mol. The Morgan fingerprint density at radius 3 is 2.32 bits per heavy atom. The molecule has 0 saturated carbocycles. The van der Waals surface area contributed by atoms with Crippen LogP contribution in [0.2, 0.25) is 0 Å². The Morgan fingerprint density at radius 2 is 1.80 bits per heavy atom. The van der Waals surface area contributed by atoms with Crippen molar-refractivity contribution in [2.75, 3.05) is 25.1 Å². The minimum absolute atomic E-state index is 0.0435. The average Bonchev–Trinajstić information content (AvgIpc) is 3.41. The number of unbranched alkanes of at least 4 members (excludes halogenated alkanes) is 7. The van der Waals surface area contributed by atoms with Crippen LogP contribution in [0.5, 0.6) is 0 Å². The van der Waals surface area contributed by atoms with Crippen LogP contribution in [0, 0.1) is 11.3 Å². The van der Waals surface area contributed by atoms with Crippen LogP contribution < -0.4 is 11.0 Å². The van der Waals surface area contributed by atoms with E-state index in [9.17, 15) is 24.6 Å². The first-order chi connectivity index (χ1) is 19.3. The van der Waals surface area contributed by atoms with Gasteiger partial charge >= 0.3 is 17.8 Å². The fourth-order valence-corrected chi connectivity index (χ4v) is 5.31. The Labute approximate surface area is 240 Å². The molecule has 2 heterocycles. The topological polar surface area (TPSA) is 140 Å². The number of nitrogens with zero attached hydrogens (tertiary/aromatic N) is 2. The van der Waals surface area contributed by atoms with Gasteiger partial charge in [-0.25, -0.2) is 18.4 Å². The van der Waals surface area contributed by atoms with Crippen molar-refractivity contribution in [3.05, 3.63) is 22.7 Å². The smallest absolute Gasteiger partial charge is 0.413 e. The predicted octanol–water partition coefficient (Wildman–Crippen LogP) is 5.79. The molecule has 41 heavy (non-hydrogen) atoms. The van der Waals surface area contributed by atoms with Crippen LogP contribution in [0.4, 0.5) is 19.4 Å². The van der Waals surface area contributed by atoms with Crippen molar-refractivity contribution in [2.45, 2.75) is 116 Å². The Balaban J connectivity index is 2.30. The molecule has 10 nitrogen and oxygen atoms in total. The fourth-order valence-electron chi connectivity index (χ4n) is 5.31. The average molecular weight is 588 g/mol. The lowest BCUT2D eigenvalue weighted by molar-refractivity contribution is -0.171. The number of aromatic nitrogens is 2. The molecule has 12 heteroatoms. The SMILES string of the molecule is CCCCCCCCCC[C@@H](n1ccc(NC(=O)OC(C)(C)C)nc1=O)C(F)(F)C[C@@](CO)(C(=O)O)C1CCOC1. The summed E-state index contributed by atoms with van der Waals surface area (Å²) in [5, 5.41) is 22.4. The van der Waals surface area contributed by atoms with Crippen LogP contribution in [0.25, 0.3) is 0 Å². The van der Waals surface area contributed by atoms with Crippen LogP contribution >= 0.6 is 0 Å². The Kier molecular flexibility index (Phi) is 13.1. The molecule has 1 aromatic rings. The molecule has 1 saturated heterocycles. The number of aliphatic hydroxyl groups excluding tert-OH is 1. The highest BCUT2D eigenvalue weighted by atomic mass is 19.3. The van der Waals surface area contributed by atoms with Gasteiger partial charge in [-0.15, -0.1) is 0 Å². The molecule has 1 unspecified atom stereocenters. The zero-order chi connectivity index (χ0) is 30.7. The zero-order valence-corrected chi connectivity index (χ0v) is 24.8. The molecule has 0 bridgehead atoms. The van der Waals surface area contributed by atoms with Gasteiger partial charge in [0.05, 0.1) is 13.2 Å². The summed E-state index contributed by atoms with van der Waals surface area (Å²) in [5.41, 5.74) is -3.94. The van der Waals surface area contributed by atoms with E-state index in [1.54, 1.807) is 20.8 Å². The summed E-state index contributed by atoms with van der Waals surface area (Å²) in [6.07, 6.45) is 6.68. The summed E-state index contributed by atoms with van der Waals surface area (Å²) in [6.45, 7) is 6.32. The Morgan fingerprint density at radius 1 is 1.17 bits per heavy atom. The second-order valence-electron chi connectivity index (χ2n) is 12.0. The third kappa shape index (κ3) is 10.3. The van der Waals surface area contributed by atoms with E-state index in [1.165, 1.54) is 6.07 Å². The number of ether oxygens (including phenoxy) is 2. The van der Waals surface area contributed by atoms with E-state index in [2.05, 4.69) is 17.2 Å². The lowest BCUT2D eigenvalue weighted by Gasteiger charge is -2.38. The number of carbonyl (C=O) groups is 2. The lowest BCUT2D eigenvalue weighted by Crippen LogP contribution is -2.49. The van der Waals surface area contributed by atoms with E-state index in [0.717, 1.165) is 49.3 Å². The van der Waals surface area contributed by atoms with Crippen LogP contribution in [0.3, 0.4) is 0 Å². The molecule has 0 radical (unpaired) electrons. The van der Waals surface area contributed by atoms with Crippen molar-refractivity contribution >= 4 is 17.9 Å². The predicted molar refractivity (Wildman–Crippen MR) is 150 cm³/mol. The second-order valence-corrected chi connectivity index (χ2v) is 12.0. The van der Waals surface area contributed by atoms with Gasteiger partial charge in [0.2, 0.25) is 0 Å². The van der Waals surface area contributed by atoms with Gasteiger partial charge in [0, 0.05) is 25.1 Å². The maximum Gasteiger partial charge on any atom is 0.413 e. The van der Waals surface area contributed by atoms with E-state index in [-0.39, 0.29) is 31.9 Å². The summed E-state index contributed by atoms with van der Waals surface area (Å²) in [5.74, 6) is -6.16. The number of nitrogens with one attached hydrogen (secondary N) is 1. The van der Waals surface area contributed by atoms with Crippen molar-refractivity contribution < 1.29 is 38.1 Å². The number of carbonyl (C=O) groups excluding carboxylic acids is 1. The van der Waals surface area contributed by atoms with Crippen molar-refractivity contribution in [3.8, 4) is 0 Å². The number of carboxylic acid groups (broad SMARTS) is 1. The second kappa shape index (κ2) is 15.6. The van der Waals surface area contributed by atoms with Crippen molar-refractivity contribution in [1.82, 2.24) is 9.55 Å². The summed E-state index contributed by atoms with van der Waals surface area (Å²) >= 11 is 0. The summed E-state index contributed by atoms with van der Waals surface area (Å²) < 4.78 is 43.6. The van der Waals surface area contributed by atoms with Gasteiger partial charge in [0.1, 0.15) is 22.9 Å². The summed E-state index contributed by atoms with van der Waals surface area (Å²) in [4.78, 5) is 41.2. The van der Waals surface area contributed by atoms with Gasteiger partial charge in [-0.3, -0.25) is 14.7 Å². The van der Waals surface area contributed by atoms with Gasteiger partial charge in [0.15, 0.2) is 0 Å². The number of aliphatic carboxylic acids is 1. The highest BCUT2D eigenvalue weighted by molar-refractivity contribution is 5.83. The standard InChI is InChI=1S/C29H47F2N3O7/c1-5-6-7-8-9-10-11-12-13-22(29(30,31)19-28(20-35,24(36)37)21-15-17-40-18-21)34-16-14-23(32-25(34)38)33-26(39)41-27(2,3)4/h14,16,21-22,35H,5-13,15,17-20H2,1-4H3,(H,36,37)(H,32,33,38,39)/t21?,22-,28+/m1/s1. The van der Waals surface area contributed by atoms with Crippen LogP contribution in [0.15, 0.2) is 17.1 Å². The molecule has 234 valence electrons. The number of alkyl halides is 2. The normalized spacial score (nSPS) is 18.1. The maximum absolute atomic E-state index is 16.2. The number of aliphatic hydroxyl groups is 1. The third-order valence-corrected chi connectivity index (χ3v) is 7.58. The molecule has 1 aliphatic heterocycles. The fraction of sp³-hybridized carbons (Fsp3) is 0.793. The number of anilines is 1. The molecule has 1 amide bonds. The highest BCUT2D eigenvalue weighted by Gasteiger charge is 2.56. The quantitative estimate of drug-likeness (QED) is 0.195.